The summed E-state index contributed by atoms with van der Waals surface area (Å²) in [5.74, 6) is -0.464. The molecule has 5 rings (SSSR count). The normalized spacial score (nSPS) is 21.5. The molecule has 3 aromatic rings. The van der Waals surface area contributed by atoms with E-state index in [2.05, 4.69) is 15.4 Å². The lowest BCUT2D eigenvalue weighted by Gasteiger charge is -2.13. The Kier molecular flexibility index (Phi) is 4.49. The number of nitrogens with zero attached hydrogens (tertiary/aromatic N) is 4. The lowest BCUT2D eigenvalue weighted by atomic mass is 10.0. The molecule has 0 radical (unpaired) electrons. The molecule has 2 heterocycles. The Morgan fingerprint density at radius 3 is 2.28 bits per heavy atom. The van der Waals surface area contributed by atoms with Crippen LogP contribution < -0.4 is 5.32 Å². The monoisotopic (exact) mass is 401 g/mol. The van der Waals surface area contributed by atoms with E-state index in [1.54, 1.807) is 0 Å². The highest BCUT2D eigenvalue weighted by atomic mass is 19.1. The van der Waals surface area contributed by atoms with E-state index in [1.165, 1.54) is 23.1 Å². The Balaban J connectivity index is 0.00000218. The minimum absolute atomic E-state index is 0. The van der Waals surface area contributed by atoms with Gasteiger partial charge in [0.15, 0.2) is 0 Å². The zero-order valence-corrected chi connectivity index (χ0v) is 15.7. The van der Waals surface area contributed by atoms with Gasteiger partial charge in [-0.3, -0.25) is 4.98 Å². The molecule has 1 N–H and O–H groups in total. The molecule has 2 aliphatic rings. The van der Waals surface area contributed by atoms with Gasteiger partial charge < -0.3 is 5.32 Å². The van der Waals surface area contributed by atoms with Crippen LogP contribution in [0.3, 0.4) is 0 Å². The largest absolute Gasteiger partial charge is 0.323 e. The fraction of sp³-hybridized carbons (Fsp3) is 0.381. The summed E-state index contributed by atoms with van der Waals surface area (Å²) in [5, 5.41) is 7.43. The van der Waals surface area contributed by atoms with Crippen LogP contribution in [-0.4, -0.2) is 25.9 Å². The smallest absolute Gasteiger partial charge is 0.246 e. The van der Waals surface area contributed by atoms with Gasteiger partial charge in [0, 0.05) is 36.4 Å². The van der Waals surface area contributed by atoms with Crippen molar-refractivity contribution < 1.29 is 14.6 Å². The van der Waals surface area contributed by atoms with Crippen LogP contribution in [-0.2, 0) is 0 Å². The molecule has 152 valence electrons. The second-order valence-electron chi connectivity index (χ2n) is 7.85. The molecule has 0 saturated heterocycles. The second-order valence-corrected chi connectivity index (χ2v) is 7.85. The molecule has 0 bridgehead atoms. The molecule has 1 aromatic carbocycles. The van der Waals surface area contributed by atoms with Crippen molar-refractivity contribution in [2.45, 2.75) is 50.1 Å². The van der Waals surface area contributed by atoms with E-state index >= 15 is 0 Å². The number of hydrogen-bond acceptors (Lipinski definition) is 4. The average Bonchev–Trinajstić information content (AvgIpc) is 3.28. The van der Waals surface area contributed by atoms with Gasteiger partial charge in [-0.1, -0.05) is 0 Å². The lowest BCUT2D eigenvalue weighted by molar-refractivity contribution is 0.339. The molecule has 0 spiro atoms. The summed E-state index contributed by atoms with van der Waals surface area (Å²) < 4.78 is 41.9. The molecule has 1 unspecified atom stereocenters. The third kappa shape index (κ3) is 3.97. The van der Waals surface area contributed by atoms with Crippen LogP contribution in [0.4, 0.5) is 24.8 Å². The standard InChI is InChI=1S/C21H20F3N5.H2/c22-14-4-3-13(5-14)20-10-17(9-19(27-20)12-1-2-12)26-21-25-11-29(28-21)18-7-15(23)6-16(24)8-18;/h6-14H,1-5H2,(H,26,27,28);1H/t13?,14-;/m1./s1. The van der Waals surface area contributed by atoms with Gasteiger partial charge in [0.2, 0.25) is 5.95 Å². The van der Waals surface area contributed by atoms with Crippen LogP contribution in [0.5, 0.6) is 0 Å². The van der Waals surface area contributed by atoms with Crippen molar-refractivity contribution in [1.82, 2.24) is 19.7 Å². The molecule has 2 atom stereocenters. The maximum absolute atomic E-state index is 13.7. The molecule has 0 aliphatic heterocycles. The Morgan fingerprint density at radius 1 is 0.931 bits per heavy atom. The van der Waals surface area contributed by atoms with Gasteiger partial charge in [-0.05, 0) is 56.4 Å². The maximum atomic E-state index is 13.7. The number of halogens is 3. The van der Waals surface area contributed by atoms with Gasteiger partial charge in [-0.15, -0.1) is 5.10 Å². The van der Waals surface area contributed by atoms with E-state index in [0.29, 0.717) is 24.7 Å². The quantitative estimate of drug-likeness (QED) is 0.621. The van der Waals surface area contributed by atoms with Crippen LogP contribution in [0.15, 0.2) is 36.7 Å². The highest BCUT2D eigenvalue weighted by Crippen LogP contribution is 2.42. The summed E-state index contributed by atoms with van der Waals surface area (Å²) in [4.78, 5) is 8.98. The number of anilines is 2. The first-order valence-electron chi connectivity index (χ1n) is 9.84. The first-order chi connectivity index (χ1) is 14.0. The number of alkyl halides is 1. The zero-order valence-electron chi connectivity index (χ0n) is 15.7. The summed E-state index contributed by atoms with van der Waals surface area (Å²) in [6.45, 7) is 0. The number of rotatable bonds is 5. The van der Waals surface area contributed by atoms with Crippen LogP contribution in [0.1, 0.15) is 56.8 Å². The number of hydrogen-bond donors (Lipinski definition) is 1. The highest BCUT2D eigenvalue weighted by molar-refractivity contribution is 5.55. The molecular formula is C21H22F3N5. The molecule has 2 aliphatic carbocycles. The van der Waals surface area contributed by atoms with Gasteiger partial charge >= 0.3 is 0 Å². The van der Waals surface area contributed by atoms with E-state index in [-0.39, 0.29) is 13.0 Å². The molecule has 8 heteroatoms. The maximum Gasteiger partial charge on any atom is 0.246 e. The second kappa shape index (κ2) is 7.17. The fourth-order valence-electron chi connectivity index (χ4n) is 3.88. The molecule has 2 fully saturated rings. The summed E-state index contributed by atoms with van der Waals surface area (Å²) in [7, 11) is 0. The van der Waals surface area contributed by atoms with Gasteiger partial charge in [0.1, 0.15) is 24.1 Å². The number of benzene rings is 1. The topological polar surface area (TPSA) is 55.6 Å². The van der Waals surface area contributed by atoms with Crippen molar-refractivity contribution >= 4 is 11.6 Å². The van der Waals surface area contributed by atoms with Crippen LogP contribution in [0, 0.1) is 11.6 Å². The molecule has 0 amide bonds. The van der Waals surface area contributed by atoms with Crippen LogP contribution in [0.2, 0.25) is 0 Å². The van der Waals surface area contributed by atoms with E-state index in [0.717, 1.165) is 42.4 Å². The van der Waals surface area contributed by atoms with Gasteiger partial charge in [-0.2, -0.15) is 4.98 Å². The Morgan fingerprint density at radius 2 is 1.62 bits per heavy atom. The minimum Gasteiger partial charge on any atom is -0.323 e. The third-order valence-corrected chi connectivity index (χ3v) is 5.51. The van der Waals surface area contributed by atoms with Gasteiger partial charge in [-0.25, -0.2) is 17.9 Å². The number of pyridine rings is 1. The summed E-state index contributed by atoms with van der Waals surface area (Å²) >= 11 is 0. The van der Waals surface area contributed by atoms with E-state index < -0.39 is 17.8 Å². The van der Waals surface area contributed by atoms with Crippen molar-refractivity contribution in [3.8, 4) is 5.69 Å². The molecule has 2 aromatic heterocycles. The zero-order chi connectivity index (χ0) is 20.0. The Hall–Kier alpha value is -2.90. The van der Waals surface area contributed by atoms with Crippen molar-refractivity contribution in [2.75, 3.05) is 5.32 Å². The summed E-state index contributed by atoms with van der Waals surface area (Å²) in [6, 6.07) is 7.08. The van der Waals surface area contributed by atoms with Crippen molar-refractivity contribution in [2.24, 2.45) is 0 Å². The fourth-order valence-corrected chi connectivity index (χ4v) is 3.88. The van der Waals surface area contributed by atoms with Crippen molar-refractivity contribution in [3.63, 3.8) is 0 Å². The number of aromatic nitrogens is 4. The van der Waals surface area contributed by atoms with E-state index in [1.807, 2.05) is 12.1 Å². The van der Waals surface area contributed by atoms with Gasteiger partial charge in [0.05, 0.1) is 5.69 Å². The SMILES string of the molecule is Fc1cc(F)cc(-n2cnc(Nc3cc(C4CC4)nc(C4CC[C@@H](F)C4)c3)n2)c1.[HH]. The first kappa shape index (κ1) is 18.1. The van der Waals surface area contributed by atoms with Crippen molar-refractivity contribution in [3.05, 3.63) is 59.7 Å². The van der Waals surface area contributed by atoms with E-state index in [9.17, 15) is 13.2 Å². The van der Waals surface area contributed by atoms with Crippen molar-refractivity contribution in [1.29, 1.82) is 0 Å². The van der Waals surface area contributed by atoms with E-state index in [4.69, 9.17) is 4.98 Å². The van der Waals surface area contributed by atoms with Crippen LogP contribution in [0.25, 0.3) is 5.69 Å². The minimum atomic E-state index is -0.758. The highest BCUT2D eigenvalue weighted by Gasteiger charge is 2.30. The number of nitrogens with one attached hydrogen (secondary N) is 1. The molecule has 29 heavy (non-hydrogen) atoms. The Labute approximate surface area is 167 Å². The molecular weight excluding hydrogens is 379 g/mol. The third-order valence-electron chi connectivity index (χ3n) is 5.51. The Bertz CT molecular complexity index is 1030. The predicted octanol–water partition coefficient (Wildman–Crippen LogP) is 5.41. The lowest BCUT2D eigenvalue weighted by Crippen LogP contribution is -2.04. The first-order valence-corrected chi connectivity index (χ1v) is 9.84. The predicted molar refractivity (Wildman–Crippen MR) is 104 cm³/mol. The molecule has 5 nitrogen and oxygen atoms in total. The molecule has 2 saturated carbocycles. The van der Waals surface area contributed by atoms with Crippen LogP contribution >= 0.6 is 0 Å². The summed E-state index contributed by atoms with van der Waals surface area (Å²) in [6.07, 6.45) is 4.77. The van der Waals surface area contributed by atoms with Gasteiger partial charge in [0.25, 0.3) is 0 Å². The average molecular weight is 401 g/mol. The summed E-state index contributed by atoms with van der Waals surface area (Å²) in [5.41, 5.74) is 2.96.